The van der Waals surface area contributed by atoms with Gasteiger partial charge in [0.15, 0.2) is 0 Å². The van der Waals surface area contributed by atoms with Crippen LogP contribution in [0.15, 0.2) is 18.2 Å². The van der Waals surface area contributed by atoms with E-state index in [0.29, 0.717) is 24.4 Å². The van der Waals surface area contributed by atoms with E-state index in [1.54, 1.807) is 26.2 Å². The number of hydrogen-bond acceptors (Lipinski definition) is 5. The highest BCUT2D eigenvalue weighted by Gasteiger charge is 2.13. The third-order valence-corrected chi connectivity index (χ3v) is 2.57. The molecule has 0 heterocycles. The molecule has 0 bridgehead atoms. The molecule has 0 fully saturated rings. The zero-order chi connectivity index (χ0) is 14.3. The second-order valence-electron chi connectivity index (χ2n) is 3.90. The van der Waals surface area contributed by atoms with Crippen LogP contribution in [0.5, 0.6) is 0 Å². The summed E-state index contributed by atoms with van der Waals surface area (Å²) in [6.07, 6.45) is 0. The highest BCUT2D eigenvalue weighted by Crippen LogP contribution is 2.24. The maximum atomic E-state index is 11.5. The van der Waals surface area contributed by atoms with Crippen molar-refractivity contribution in [2.24, 2.45) is 0 Å². The molecular formula is C12H17N3O4. The molecule has 1 aromatic rings. The average Bonchev–Trinajstić information content (AvgIpc) is 2.37. The van der Waals surface area contributed by atoms with E-state index in [9.17, 15) is 14.9 Å². The summed E-state index contributed by atoms with van der Waals surface area (Å²) in [5.74, 6) is -0.192. The molecule has 7 heteroatoms. The first-order valence-electron chi connectivity index (χ1n) is 5.79. The minimum atomic E-state index is -0.445. The number of ether oxygens (including phenoxy) is 1. The van der Waals surface area contributed by atoms with Crippen LogP contribution < -0.4 is 10.6 Å². The van der Waals surface area contributed by atoms with Gasteiger partial charge in [0, 0.05) is 31.0 Å². The van der Waals surface area contributed by atoms with Gasteiger partial charge in [-0.2, -0.15) is 0 Å². The van der Waals surface area contributed by atoms with E-state index >= 15 is 0 Å². The zero-order valence-corrected chi connectivity index (χ0v) is 10.9. The molecule has 2 N–H and O–H groups in total. The molecule has 0 atom stereocenters. The topological polar surface area (TPSA) is 93.5 Å². The van der Waals surface area contributed by atoms with Crippen LogP contribution in [-0.2, 0) is 9.53 Å². The molecule has 0 aliphatic heterocycles. The fourth-order valence-electron chi connectivity index (χ4n) is 1.54. The van der Waals surface area contributed by atoms with Gasteiger partial charge in [0.05, 0.1) is 18.1 Å². The van der Waals surface area contributed by atoms with Gasteiger partial charge >= 0.3 is 0 Å². The molecule has 104 valence electrons. The van der Waals surface area contributed by atoms with Crippen molar-refractivity contribution < 1.29 is 14.5 Å². The normalized spacial score (nSPS) is 10.0. The molecule has 0 spiro atoms. The Labute approximate surface area is 111 Å². The number of nitrogens with zero attached hydrogens (tertiary/aromatic N) is 1. The van der Waals surface area contributed by atoms with Gasteiger partial charge in [-0.05, 0) is 13.0 Å². The second-order valence-corrected chi connectivity index (χ2v) is 3.90. The summed E-state index contributed by atoms with van der Waals surface area (Å²) in [7, 11) is 1.55. The number of carbonyl (C=O) groups is 1. The smallest absolute Gasteiger partial charge is 0.274 e. The number of anilines is 1. The van der Waals surface area contributed by atoms with Gasteiger partial charge in [0.25, 0.3) is 5.69 Å². The van der Waals surface area contributed by atoms with E-state index in [-0.39, 0.29) is 18.1 Å². The molecular weight excluding hydrogens is 250 g/mol. The highest BCUT2D eigenvalue weighted by atomic mass is 16.6. The lowest BCUT2D eigenvalue weighted by Crippen LogP contribution is -2.32. The van der Waals surface area contributed by atoms with Crippen molar-refractivity contribution in [3.05, 3.63) is 33.9 Å². The summed E-state index contributed by atoms with van der Waals surface area (Å²) < 4.78 is 4.81. The lowest BCUT2D eigenvalue weighted by atomic mass is 10.1. The SMILES string of the molecule is COCCNC(=O)CNc1cccc([N+](=O)[O-])c1C. The first kappa shape index (κ1) is 14.9. The van der Waals surface area contributed by atoms with E-state index in [1.165, 1.54) is 6.07 Å². The number of benzene rings is 1. The third kappa shape index (κ3) is 4.55. The van der Waals surface area contributed by atoms with Gasteiger partial charge in [-0.3, -0.25) is 14.9 Å². The van der Waals surface area contributed by atoms with Crippen molar-refractivity contribution in [3.63, 3.8) is 0 Å². The van der Waals surface area contributed by atoms with Crippen molar-refractivity contribution in [3.8, 4) is 0 Å². The number of nitro groups is 1. The number of amides is 1. The van der Waals surface area contributed by atoms with E-state index in [0.717, 1.165) is 0 Å². The maximum Gasteiger partial charge on any atom is 0.274 e. The Morgan fingerprint density at radius 1 is 1.47 bits per heavy atom. The van der Waals surface area contributed by atoms with Crippen molar-refractivity contribution >= 4 is 17.3 Å². The van der Waals surface area contributed by atoms with Crippen LogP contribution >= 0.6 is 0 Å². The van der Waals surface area contributed by atoms with Gasteiger partial charge in [0.2, 0.25) is 5.91 Å². The lowest BCUT2D eigenvalue weighted by Gasteiger charge is -2.09. The van der Waals surface area contributed by atoms with E-state index < -0.39 is 4.92 Å². The van der Waals surface area contributed by atoms with Crippen molar-refractivity contribution in [1.29, 1.82) is 0 Å². The molecule has 19 heavy (non-hydrogen) atoms. The van der Waals surface area contributed by atoms with Crippen LogP contribution in [0.4, 0.5) is 11.4 Å². The molecule has 0 aromatic heterocycles. The lowest BCUT2D eigenvalue weighted by molar-refractivity contribution is -0.385. The molecule has 0 aliphatic rings. The minimum absolute atomic E-state index is 0.0322. The molecule has 0 saturated carbocycles. The van der Waals surface area contributed by atoms with Crippen LogP contribution in [0.25, 0.3) is 0 Å². The summed E-state index contributed by atoms with van der Waals surface area (Å²) in [5, 5.41) is 16.3. The first-order valence-corrected chi connectivity index (χ1v) is 5.79. The zero-order valence-electron chi connectivity index (χ0n) is 10.9. The van der Waals surface area contributed by atoms with Gasteiger partial charge in [-0.15, -0.1) is 0 Å². The molecule has 1 aromatic carbocycles. The number of nitro benzene ring substituents is 1. The summed E-state index contributed by atoms with van der Waals surface area (Å²) in [4.78, 5) is 21.8. The number of rotatable bonds is 7. The van der Waals surface area contributed by atoms with Crippen LogP contribution in [0.1, 0.15) is 5.56 Å². The summed E-state index contributed by atoms with van der Waals surface area (Å²) in [5.41, 5.74) is 1.12. The molecule has 1 amide bonds. The number of methoxy groups -OCH3 is 1. The van der Waals surface area contributed by atoms with E-state index in [1.807, 2.05) is 0 Å². The Kier molecular flexibility index (Phi) is 5.74. The Morgan fingerprint density at radius 2 is 2.21 bits per heavy atom. The summed E-state index contributed by atoms with van der Waals surface area (Å²) >= 11 is 0. The Balaban J connectivity index is 2.56. The van der Waals surface area contributed by atoms with Crippen LogP contribution in [0, 0.1) is 17.0 Å². The van der Waals surface area contributed by atoms with Gasteiger partial charge in [-0.1, -0.05) is 6.07 Å². The van der Waals surface area contributed by atoms with Crippen molar-refractivity contribution in [1.82, 2.24) is 5.32 Å². The van der Waals surface area contributed by atoms with Crippen molar-refractivity contribution in [2.45, 2.75) is 6.92 Å². The van der Waals surface area contributed by atoms with Crippen LogP contribution in [0.3, 0.4) is 0 Å². The number of hydrogen-bond donors (Lipinski definition) is 2. The number of nitrogens with one attached hydrogen (secondary N) is 2. The Morgan fingerprint density at radius 3 is 2.84 bits per heavy atom. The predicted molar refractivity (Wildman–Crippen MR) is 71.2 cm³/mol. The molecule has 0 radical (unpaired) electrons. The highest BCUT2D eigenvalue weighted by molar-refractivity contribution is 5.81. The standard InChI is InChI=1S/C12H17N3O4/c1-9-10(4-3-5-11(9)15(17)18)14-8-12(16)13-6-7-19-2/h3-5,14H,6-8H2,1-2H3,(H,13,16). The largest absolute Gasteiger partial charge is 0.383 e. The molecule has 0 unspecified atom stereocenters. The van der Waals surface area contributed by atoms with Crippen LogP contribution in [0.2, 0.25) is 0 Å². The summed E-state index contributed by atoms with van der Waals surface area (Å²) in [6, 6.07) is 4.71. The molecule has 0 saturated heterocycles. The molecule has 0 aliphatic carbocycles. The average molecular weight is 267 g/mol. The third-order valence-electron chi connectivity index (χ3n) is 2.57. The van der Waals surface area contributed by atoms with Crippen LogP contribution in [-0.4, -0.2) is 37.6 Å². The van der Waals surface area contributed by atoms with Crippen molar-refractivity contribution in [2.75, 3.05) is 32.1 Å². The quantitative estimate of drug-likeness (QED) is 0.438. The Hall–Kier alpha value is -2.15. The molecule has 7 nitrogen and oxygen atoms in total. The fourth-order valence-corrected chi connectivity index (χ4v) is 1.54. The van der Waals surface area contributed by atoms with Gasteiger partial charge < -0.3 is 15.4 Å². The maximum absolute atomic E-state index is 11.5. The van der Waals surface area contributed by atoms with Gasteiger partial charge in [-0.25, -0.2) is 0 Å². The first-order chi connectivity index (χ1) is 9.06. The van der Waals surface area contributed by atoms with E-state index in [2.05, 4.69) is 10.6 Å². The molecule has 1 rings (SSSR count). The fraction of sp³-hybridized carbons (Fsp3) is 0.417. The predicted octanol–water partition coefficient (Wildman–Crippen LogP) is 1.08. The minimum Gasteiger partial charge on any atom is -0.383 e. The number of carbonyl (C=O) groups excluding carboxylic acids is 1. The second kappa shape index (κ2) is 7.32. The monoisotopic (exact) mass is 267 g/mol. The van der Waals surface area contributed by atoms with E-state index in [4.69, 9.17) is 4.74 Å². The Bertz CT molecular complexity index is 462. The van der Waals surface area contributed by atoms with Gasteiger partial charge in [0.1, 0.15) is 0 Å². The summed E-state index contributed by atoms with van der Waals surface area (Å²) in [6.45, 7) is 2.58.